The number of carbonyl (C=O) groups is 2. The molecule has 0 aromatic heterocycles. The van der Waals surface area contributed by atoms with Crippen LogP contribution in [0, 0.1) is 31.5 Å². The van der Waals surface area contributed by atoms with Gasteiger partial charge in [-0.3, -0.25) is 14.5 Å². The van der Waals surface area contributed by atoms with Crippen LogP contribution in [-0.2, 0) is 16.1 Å². The fraction of sp³-hybridized carbons (Fsp3) is 0.385. The Morgan fingerprint density at radius 2 is 1.65 bits per heavy atom. The van der Waals surface area contributed by atoms with Gasteiger partial charge < -0.3 is 4.90 Å². The zero-order chi connectivity index (χ0) is 22.3. The fourth-order valence-electron chi connectivity index (χ4n) is 4.98. The molecule has 2 aromatic carbocycles. The van der Waals surface area contributed by atoms with E-state index in [1.165, 1.54) is 11.0 Å². The van der Waals surface area contributed by atoms with Gasteiger partial charge in [0.05, 0.1) is 12.1 Å². The van der Waals surface area contributed by atoms with E-state index in [1.54, 1.807) is 18.2 Å². The van der Waals surface area contributed by atoms with E-state index in [-0.39, 0.29) is 18.4 Å². The SMILES string of the molecule is Cc1ccc(C2=C(N3CC(C)CC(C)C3)C(=O)N(Cc3ccccc3F)C2=O)c(C)c1. The van der Waals surface area contributed by atoms with E-state index in [1.807, 2.05) is 32.0 Å². The monoisotopic (exact) mass is 420 g/mol. The summed E-state index contributed by atoms with van der Waals surface area (Å²) in [7, 11) is 0. The van der Waals surface area contributed by atoms with Crippen molar-refractivity contribution in [1.29, 1.82) is 0 Å². The molecule has 0 N–H and O–H groups in total. The third-order valence-electron chi connectivity index (χ3n) is 6.27. The van der Waals surface area contributed by atoms with Crippen LogP contribution in [0.1, 0.15) is 42.5 Å². The molecule has 31 heavy (non-hydrogen) atoms. The lowest BCUT2D eigenvalue weighted by molar-refractivity contribution is -0.138. The number of halogens is 1. The Morgan fingerprint density at radius 3 is 2.29 bits per heavy atom. The largest absolute Gasteiger partial charge is 0.366 e. The molecule has 2 amide bonds. The molecule has 2 unspecified atom stereocenters. The Labute approximate surface area is 183 Å². The molecular weight excluding hydrogens is 391 g/mol. The molecule has 162 valence electrons. The van der Waals surface area contributed by atoms with Gasteiger partial charge in [-0.2, -0.15) is 0 Å². The first-order valence-corrected chi connectivity index (χ1v) is 10.9. The van der Waals surface area contributed by atoms with Gasteiger partial charge in [0, 0.05) is 18.7 Å². The van der Waals surface area contributed by atoms with Crippen LogP contribution in [0.2, 0.25) is 0 Å². The van der Waals surface area contributed by atoms with Crippen LogP contribution in [0.15, 0.2) is 48.2 Å². The highest BCUT2D eigenvalue weighted by Gasteiger charge is 2.43. The lowest BCUT2D eigenvalue weighted by Crippen LogP contribution is -2.41. The predicted octanol–water partition coefficient (Wildman–Crippen LogP) is 4.70. The topological polar surface area (TPSA) is 40.6 Å². The number of hydrogen-bond acceptors (Lipinski definition) is 3. The van der Waals surface area contributed by atoms with Crippen molar-refractivity contribution < 1.29 is 14.0 Å². The normalized spacial score (nSPS) is 22.0. The number of benzene rings is 2. The first-order chi connectivity index (χ1) is 14.8. The molecule has 4 nitrogen and oxygen atoms in total. The van der Waals surface area contributed by atoms with E-state index in [0.717, 1.165) is 36.2 Å². The van der Waals surface area contributed by atoms with Gasteiger partial charge in [-0.15, -0.1) is 0 Å². The molecule has 1 fully saturated rings. The number of likely N-dealkylation sites (tertiary alicyclic amines) is 1. The molecular formula is C26H29FN2O2. The summed E-state index contributed by atoms with van der Waals surface area (Å²) in [5.41, 5.74) is 4.08. The third-order valence-corrected chi connectivity index (χ3v) is 6.27. The first-order valence-electron chi connectivity index (χ1n) is 10.9. The molecule has 0 bridgehead atoms. The summed E-state index contributed by atoms with van der Waals surface area (Å²) in [6.07, 6.45) is 1.10. The minimum atomic E-state index is -0.412. The van der Waals surface area contributed by atoms with Crippen molar-refractivity contribution in [2.75, 3.05) is 13.1 Å². The molecule has 2 aliphatic rings. The standard InChI is InChI=1S/C26H29FN2O2/c1-16-9-10-21(19(4)12-16)23-24(28-13-17(2)11-18(3)14-28)26(31)29(25(23)30)15-20-7-5-6-8-22(20)27/h5-10,12,17-18H,11,13-15H2,1-4H3. The molecule has 0 aliphatic carbocycles. The van der Waals surface area contributed by atoms with Crippen LogP contribution >= 0.6 is 0 Å². The van der Waals surface area contributed by atoms with Gasteiger partial charge in [-0.05, 0) is 49.3 Å². The van der Waals surface area contributed by atoms with E-state index in [0.29, 0.717) is 28.7 Å². The number of piperidine rings is 1. The summed E-state index contributed by atoms with van der Waals surface area (Å²) < 4.78 is 14.3. The van der Waals surface area contributed by atoms with Crippen LogP contribution < -0.4 is 0 Å². The fourth-order valence-corrected chi connectivity index (χ4v) is 4.98. The summed E-state index contributed by atoms with van der Waals surface area (Å²) in [5.74, 6) is -0.226. The second-order valence-corrected chi connectivity index (χ2v) is 9.18. The predicted molar refractivity (Wildman–Crippen MR) is 119 cm³/mol. The Bertz CT molecular complexity index is 1060. The smallest absolute Gasteiger partial charge is 0.278 e. The highest BCUT2D eigenvalue weighted by molar-refractivity contribution is 6.35. The average Bonchev–Trinajstić information content (AvgIpc) is 2.93. The van der Waals surface area contributed by atoms with Gasteiger partial charge in [-0.25, -0.2) is 4.39 Å². The highest BCUT2D eigenvalue weighted by Crippen LogP contribution is 2.37. The van der Waals surface area contributed by atoms with Crippen LogP contribution in [0.25, 0.3) is 5.57 Å². The lowest BCUT2D eigenvalue weighted by atomic mass is 9.90. The quantitative estimate of drug-likeness (QED) is 0.673. The van der Waals surface area contributed by atoms with Crippen molar-refractivity contribution in [1.82, 2.24) is 9.80 Å². The molecule has 4 rings (SSSR count). The van der Waals surface area contributed by atoms with Crippen molar-refractivity contribution in [3.05, 3.63) is 76.2 Å². The molecule has 2 heterocycles. The zero-order valence-corrected chi connectivity index (χ0v) is 18.6. The summed E-state index contributed by atoms with van der Waals surface area (Å²) >= 11 is 0. The second kappa shape index (κ2) is 8.29. The molecule has 2 atom stereocenters. The number of carbonyl (C=O) groups excluding carboxylic acids is 2. The summed E-state index contributed by atoms with van der Waals surface area (Å²) in [6, 6.07) is 12.2. The summed E-state index contributed by atoms with van der Waals surface area (Å²) in [6.45, 7) is 9.73. The molecule has 5 heteroatoms. The Hall–Kier alpha value is -2.95. The second-order valence-electron chi connectivity index (χ2n) is 9.18. The van der Waals surface area contributed by atoms with Gasteiger partial charge in [0.1, 0.15) is 11.5 Å². The summed E-state index contributed by atoms with van der Waals surface area (Å²) in [5, 5.41) is 0. The van der Waals surface area contributed by atoms with Crippen LogP contribution in [0.4, 0.5) is 4.39 Å². The zero-order valence-electron chi connectivity index (χ0n) is 18.6. The van der Waals surface area contributed by atoms with E-state index in [2.05, 4.69) is 18.7 Å². The molecule has 2 aliphatic heterocycles. The molecule has 1 saturated heterocycles. The van der Waals surface area contributed by atoms with Crippen molar-refractivity contribution in [2.45, 2.75) is 40.7 Å². The Kier molecular flexibility index (Phi) is 5.69. The first kappa shape index (κ1) is 21.3. The van der Waals surface area contributed by atoms with Crippen LogP contribution in [0.3, 0.4) is 0 Å². The minimum Gasteiger partial charge on any atom is -0.366 e. The maximum atomic E-state index is 14.3. The van der Waals surface area contributed by atoms with Gasteiger partial charge in [-0.1, -0.05) is 55.8 Å². The van der Waals surface area contributed by atoms with E-state index in [9.17, 15) is 14.0 Å². The van der Waals surface area contributed by atoms with Gasteiger partial charge in [0.25, 0.3) is 11.8 Å². The number of nitrogens with zero attached hydrogens (tertiary/aromatic N) is 2. The molecule has 0 saturated carbocycles. The van der Waals surface area contributed by atoms with E-state index >= 15 is 0 Å². The van der Waals surface area contributed by atoms with Crippen molar-refractivity contribution in [3.8, 4) is 0 Å². The number of hydrogen-bond donors (Lipinski definition) is 0. The number of amides is 2. The van der Waals surface area contributed by atoms with Crippen LogP contribution in [-0.4, -0.2) is 34.7 Å². The molecule has 2 aromatic rings. The highest BCUT2D eigenvalue weighted by atomic mass is 19.1. The van der Waals surface area contributed by atoms with Gasteiger partial charge in [0.15, 0.2) is 0 Å². The number of rotatable bonds is 4. The van der Waals surface area contributed by atoms with E-state index < -0.39 is 5.82 Å². The molecule has 0 radical (unpaired) electrons. The van der Waals surface area contributed by atoms with Crippen molar-refractivity contribution in [3.63, 3.8) is 0 Å². The Balaban J connectivity index is 1.80. The van der Waals surface area contributed by atoms with Crippen molar-refractivity contribution in [2.24, 2.45) is 11.8 Å². The van der Waals surface area contributed by atoms with E-state index in [4.69, 9.17) is 0 Å². The maximum absolute atomic E-state index is 14.3. The molecule has 0 spiro atoms. The average molecular weight is 421 g/mol. The summed E-state index contributed by atoms with van der Waals surface area (Å²) in [4.78, 5) is 30.5. The van der Waals surface area contributed by atoms with Gasteiger partial charge >= 0.3 is 0 Å². The number of aryl methyl sites for hydroxylation is 2. The lowest BCUT2D eigenvalue weighted by Gasteiger charge is -2.37. The Morgan fingerprint density at radius 1 is 0.968 bits per heavy atom. The third kappa shape index (κ3) is 4.01. The number of imide groups is 1. The minimum absolute atomic E-state index is 0.0683. The van der Waals surface area contributed by atoms with Crippen molar-refractivity contribution >= 4 is 17.4 Å². The maximum Gasteiger partial charge on any atom is 0.278 e. The van der Waals surface area contributed by atoms with Crippen LogP contribution in [0.5, 0.6) is 0 Å². The van der Waals surface area contributed by atoms with Gasteiger partial charge in [0.2, 0.25) is 0 Å².